The number of hydrogen-bond donors (Lipinski definition) is 3. The number of imidazole rings is 1. The van der Waals surface area contributed by atoms with E-state index in [-0.39, 0.29) is 11.5 Å². The van der Waals surface area contributed by atoms with Crippen LogP contribution in [0.25, 0.3) is 11.0 Å². The highest BCUT2D eigenvalue weighted by atomic mass is 79.9. The van der Waals surface area contributed by atoms with Gasteiger partial charge in [0.25, 0.3) is 0 Å². The summed E-state index contributed by atoms with van der Waals surface area (Å²) in [5, 5.41) is 3.23. The maximum absolute atomic E-state index is 13.5. The smallest absolute Gasteiger partial charge is 0.323 e. The molecule has 4 nitrogen and oxygen atoms in total. The van der Waals surface area contributed by atoms with Crippen LogP contribution < -0.4 is 11.0 Å². The number of rotatable bonds is 3. The zero-order valence-corrected chi connectivity index (χ0v) is 12.8. The zero-order chi connectivity index (χ0) is 15.0. The van der Waals surface area contributed by atoms with E-state index in [9.17, 15) is 9.18 Å². The summed E-state index contributed by atoms with van der Waals surface area (Å²) in [6.45, 7) is 2.23. The maximum atomic E-state index is 13.5. The lowest BCUT2D eigenvalue weighted by Gasteiger charge is -2.09. The summed E-state index contributed by atoms with van der Waals surface area (Å²) in [5.41, 5.74) is 3.53. The molecule has 0 radical (unpaired) electrons. The third kappa shape index (κ3) is 2.85. The molecule has 3 N–H and O–H groups in total. The van der Waals surface area contributed by atoms with Crippen molar-refractivity contribution in [3.63, 3.8) is 0 Å². The lowest BCUT2D eigenvalue weighted by molar-refractivity contribution is 0.616. The van der Waals surface area contributed by atoms with Crippen LogP contribution >= 0.6 is 15.9 Å². The van der Waals surface area contributed by atoms with Crippen molar-refractivity contribution in [2.24, 2.45) is 0 Å². The normalized spacial score (nSPS) is 11.0. The number of aromatic nitrogens is 2. The monoisotopic (exact) mass is 349 g/mol. The van der Waals surface area contributed by atoms with Gasteiger partial charge in [-0.25, -0.2) is 9.18 Å². The summed E-state index contributed by atoms with van der Waals surface area (Å²) in [6, 6.07) is 8.82. The largest absolute Gasteiger partial charge is 0.380 e. The minimum absolute atomic E-state index is 0.209. The quantitative estimate of drug-likeness (QED) is 0.675. The van der Waals surface area contributed by atoms with Gasteiger partial charge in [-0.1, -0.05) is 12.1 Å². The Balaban J connectivity index is 1.85. The minimum atomic E-state index is -0.241. The Morgan fingerprint density at radius 2 is 1.90 bits per heavy atom. The van der Waals surface area contributed by atoms with Crippen LogP contribution in [-0.2, 0) is 6.54 Å². The molecule has 3 rings (SSSR count). The van der Waals surface area contributed by atoms with E-state index in [0.29, 0.717) is 12.1 Å². The van der Waals surface area contributed by atoms with E-state index < -0.39 is 0 Å². The average Bonchev–Trinajstić information content (AvgIpc) is 2.79. The number of benzene rings is 2. The fraction of sp³-hybridized carbons (Fsp3) is 0.133. The van der Waals surface area contributed by atoms with Crippen LogP contribution in [-0.4, -0.2) is 9.97 Å². The Labute approximate surface area is 128 Å². The van der Waals surface area contributed by atoms with Crippen molar-refractivity contribution in [3.05, 3.63) is 62.2 Å². The molecular formula is C15H13BrFN3O. The van der Waals surface area contributed by atoms with E-state index in [1.165, 1.54) is 6.07 Å². The van der Waals surface area contributed by atoms with Crippen LogP contribution in [0.4, 0.5) is 10.1 Å². The molecule has 0 spiro atoms. The highest BCUT2D eigenvalue weighted by Gasteiger charge is 2.06. The number of anilines is 1. The van der Waals surface area contributed by atoms with Crippen molar-refractivity contribution in [1.29, 1.82) is 0 Å². The molecule has 0 unspecified atom stereocenters. The Morgan fingerprint density at radius 1 is 1.19 bits per heavy atom. The third-order valence-electron chi connectivity index (χ3n) is 3.32. The summed E-state index contributed by atoms with van der Waals surface area (Å²) < 4.78 is 14.3. The first-order valence-electron chi connectivity index (χ1n) is 6.43. The molecule has 2 aromatic carbocycles. The summed E-state index contributed by atoms with van der Waals surface area (Å²) >= 11 is 3.45. The molecule has 1 aromatic heterocycles. The lowest BCUT2D eigenvalue weighted by Crippen LogP contribution is -2.01. The van der Waals surface area contributed by atoms with Crippen LogP contribution in [0.3, 0.4) is 0 Å². The number of aryl methyl sites for hydroxylation is 1. The molecule has 0 bridgehead atoms. The minimum Gasteiger partial charge on any atom is -0.380 e. The van der Waals surface area contributed by atoms with Crippen LogP contribution in [0.15, 0.2) is 39.6 Å². The Bertz CT molecular complexity index is 869. The van der Waals surface area contributed by atoms with Crippen molar-refractivity contribution in [2.75, 3.05) is 5.32 Å². The molecule has 0 fully saturated rings. The molecule has 6 heteroatoms. The fourth-order valence-electron chi connectivity index (χ4n) is 2.14. The number of fused-ring (bicyclic) bond motifs is 1. The number of hydrogen-bond acceptors (Lipinski definition) is 2. The van der Waals surface area contributed by atoms with Crippen LogP contribution in [0, 0.1) is 12.7 Å². The van der Waals surface area contributed by atoms with E-state index in [1.54, 1.807) is 13.0 Å². The molecule has 108 valence electrons. The molecule has 0 aliphatic rings. The summed E-state index contributed by atoms with van der Waals surface area (Å²) in [5.74, 6) is -0.209. The third-order valence-corrected chi connectivity index (χ3v) is 3.98. The van der Waals surface area contributed by atoms with Gasteiger partial charge >= 0.3 is 5.69 Å². The van der Waals surface area contributed by atoms with E-state index in [4.69, 9.17) is 0 Å². The first-order chi connectivity index (χ1) is 10.0. The maximum Gasteiger partial charge on any atom is 0.323 e. The van der Waals surface area contributed by atoms with Gasteiger partial charge in [0.15, 0.2) is 0 Å². The number of nitrogens with one attached hydrogen (secondary N) is 3. The van der Waals surface area contributed by atoms with E-state index >= 15 is 0 Å². The molecular weight excluding hydrogens is 337 g/mol. The van der Waals surface area contributed by atoms with E-state index in [1.807, 2.05) is 18.2 Å². The first-order valence-corrected chi connectivity index (χ1v) is 7.22. The van der Waals surface area contributed by atoms with Gasteiger partial charge in [-0.15, -0.1) is 0 Å². The molecule has 0 amide bonds. The van der Waals surface area contributed by atoms with Crippen molar-refractivity contribution < 1.29 is 4.39 Å². The number of aromatic amines is 2. The van der Waals surface area contributed by atoms with Crippen molar-refractivity contribution >= 4 is 32.7 Å². The van der Waals surface area contributed by atoms with E-state index in [2.05, 4.69) is 31.2 Å². The second-order valence-corrected chi connectivity index (χ2v) is 5.75. The van der Waals surface area contributed by atoms with Crippen LogP contribution in [0.5, 0.6) is 0 Å². The van der Waals surface area contributed by atoms with Gasteiger partial charge in [-0.05, 0) is 52.2 Å². The Kier molecular flexibility index (Phi) is 3.55. The SMILES string of the molecule is Cc1ccc(CNc2cc3[nH]c(=O)[nH]c3cc2Br)cc1F. The number of H-pyrrole nitrogens is 2. The van der Waals surface area contributed by atoms with Gasteiger partial charge in [0.2, 0.25) is 0 Å². The van der Waals surface area contributed by atoms with Gasteiger partial charge in [0.1, 0.15) is 5.82 Å². The lowest BCUT2D eigenvalue weighted by atomic mass is 10.1. The number of halogens is 2. The van der Waals surface area contributed by atoms with Crippen molar-refractivity contribution in [1.82, 2.24) is 9.97 Å². The van der Waals surface area contributed by atoms with E-state index in [0.717, 1.165) is 26.8 Å². The van der Waals surface area contributed by atoms with Crippen molar-refractivity contribution in [2.45, 2.75) is 13.5 Å². The van der Waals surface area contributed by atoms with Crippen LogP contribution in [0.1, 0.15) is 11.1 Å². The average molecular weight is 350 g/mol. The second-order valence-electron chi connectivity index (χ2n) is 4.89. The van der Waals surface area contributed by atoms with Gasteiger partial charge in [-0.2, -0.15) is 0 Å². The predicted molar refractivity (Wildman–Crippen MR) is 85.1 cm³/mol. The predicted octanol–water partition coefficient (Wildman–Crippen LogP) is 3.68. The molecule has 0 aliphatic heterocycles. The molecule has 0 saturated carbocycles. The van der Waals surface area contributed by atoms with Gasteiger partial charge in [0.05, 0.1) is 16.7 Å². The molecule has 0 saturated heterocycles. The molecule has 0 atom stereocenters. The first kappa shape index (κ1) is 13.9. The zero-order valence-electron chi connectivity index (χ0n) is 11.3. The van der Waals surface area contributed by atoms with Gasteiger partial charge in [0, 0.05) is 11.0 Å². The standard InChI is InChI=1S/C15H13BrFN3O/c1-8-2-3-9(4-11(8)17)7-18-12-6-14-13(5-10(12)16)19-15(21)20-14/h2-6,18H,7H2,1H3,(H2,19,20,21). The summed E-state index contributed by atoms with van der Waals surface area (Å²) in [6.07, 6.45) is 0. The van der Waals surface area contributed by atoms with Gasteiger partial charge in [-0.3, -0.25) is 0 Å². The molecule has 21 heavy (non-hydrogen) atoms. The highest BCUT2D eigenvalue weighted by Crippen LogP contribution is 2.27. The van der Waals surface area contributed by atoms with Crippen molar-refractivity contribution in [3.8, 4) is 0 Å². The highest BCUT2D eigenvalue weighted by molar-refractivity contribution is 9.10. The topological polar surface area (TPSA) is 60.7 Å². The van der Waals surface area contributed by atoms with Gasteiger partial charge < -0.3 is 15.3 Å². The molecule has 0 aliphatic carbocycles. The Morgan fingerprint density at radius 3 is 2.62 bits per heavy atom. The summed E-state index contributed by atoms with van der Waals surface area (Å²) in [7, 11) is 0. The molecule has 1 heterocycles. The second kappa shape index (κ2) is 5.37. The fourth-order valence-corrected chi connectivity index (χ4v) is 2.62. The Hall–Kier alpha value is -2.08. The summed E-state index contributed by atoms with van der Waals surface area (Å²) in [4.78, 5) is 16.7. The molecule has 3 aromatic rings. The van der Waals surface area contributed by atoms with Crippen LogP contribution in [0.2, 0.25) is 0 Å².